The third-order valence-electron chi connectivity index (χ3n) is 4.14. The van der Waals surface area contributed by atoms with E-state index in [1.165, 1.54) is 0 Å². The van der Waals surface area contributed by atoms with Crippen LogP contribution in [0.4, 0.5) is 0 Å². The van der Waals surface area contributed by atoms with Crippen molar-refractivity contribution in [2.75, 3.05) is 20.2 Å². The maximum absolute atomic E-state index is 12.5. The van der Waals surface area contributed by atoms with E-state index in [1.807, 2.05) is 30.0 Å². The summed E-state index contributed by atoms with van der Waals surface area (Å²) in [5.74, 6) is 1.32. The minimum absolute atomic E-state index is 0.140. The average molecular weight is 355 g/mol. The molecule has 1 saturated heterocycles. The lowest BCUT2D eigenvalue weighted by Crippen LogP contribution is -2.45. The quantitative estimate of drug-likeness (QED) is 0.903. The van der Waals surface area contributed by atoms with Crippen LogP contribution in [0.5, 0.6) is 5.75 Å². The van der Waals surface area contributed by atoms with Gasteiger partial charge in [0.15, 0.2) is 0 Å². The van der Waals surface area contributed by atoms with Crippen LogP contribution >= 0.6 is 15.9 Å². The van der Waals surface area contributed by atoms with Crippen LogP contribution in [0.3, 0.4) is 0 Å². The molecule has 21 heavy (non-hydrogen) atoms. The van der Waals surface area contributed by atoms with Crippen LogP contribution in [-0.2, 0) is 11.2 Å². The first-order chi connectivity index (χ1) is 10.0. The lowest BCUT2D eigenvalue weighted by Gasteiger charge is -2.34. The highest BCUT2D eigenvalue weighted by Crippen LogP contribution is 2.25. The Hall–Kier alpha value is -1.07. The van der Waals surface area contributed by atoms with E-state index in [1.54, 1.807) is 7.11 Å². The number of piperidine rings is 1. The Labute approximate surface area is 134 Å². The number of ether oxygens (including phenoxy) is 1. The van der Waals surface area contributed by atoms with Crippen LogP contribution in [0.25, 0.3) is 0 Å². The topological polar surface area (TPSA) is 55.6 Å². The Kier molecular flexibility index (Phi) is 5.65. The van der Waals surface area contributed by atoms with Crippen LogP contribution in [0.1, 0.15) is 25.3 Å². The molecule has 116 valence electrons. The van der Waals surface area contributed by atoms with Crippen molar-refractivity contribution >= 4 is 21.8 Å². The summed E-state index contributed by atoms with van der Waals surface area (Å²) in [6.45, 7) is 3.63. The summed E-state index contributed by atoms with van der Waals surface area (Å²) in [5, 5.41) is 0. The number of likely N-dealkylation sites (tertiary alicyclic amines) is 1. The van der Waals surface area contributed by atoms with Crippen molar-refractivity contribution in [1.82, 2.24) is 4.90 Å². The molecule has 0 saturated carbocycles. The van der Waals surface area contributed by atoms with Crippen molar-refractivity contribution in [1.29, 1.82) is 0 Å². The number of hydrogen-bond acceptors (Lipinski definition) is 3. The number of rotatable bonds is 4. The first kappa shape index (κ1) is 16.3. The van der Waals surface area contributed by atoms with Crippen LogP contribution < -0.4 is 10.5 Å². The predicted octanol–water partition coefficient (Wildman–Crippen LogP) is 2.59. The summed E-state index contributed by atoms with van der Waals surface area (Å²) in [4.78, 5) is 14.5. The highest BCUT2D eigenvalue weighted by atomic mass is 79.9. The summed E-state index contributed by atoms with van der Waals surface area (Å²) in [5.41, 5.74) is 6.90. The van der Waals surface area contributed by atoms with Gasteiger partial charge in [0.1, 0.15) is 5.75 Å². The normalized spacial score (nSPS) is 20.2. The van der Waals surface area contributed by atoms with E-state index in [-0.39, 0.29) is 11.9 Å². The van der Waals surface area contributed by atoms with Gasteiger partial charge in [-0.15, -0.1) is 0 Å². The Balaban J connectivity index is 2.06. The fraction of sp³-hybridized carbons (Fsp3) is 0.562. The van der Waals surface area contributed by atoms with Crippen molar-refractivity contribution in [3.05, 3.63) is 28.2 Å². The molecule has 1 aromatic carbocycles. The van der Waals surface area contributed by atoms with Gasteiger partial charge in [-0.1, -0.05) is 15.9 Å². The highest BCUT2D eigenvalue weighted by Gasteiger charge is 2.26. The van der Waals surface area contributed by atoms with Crippen molar-refractivity contribution in [3.8, 4) is 5.75 Å². The molecule has 2 rings (SSSR count). The fourth-order valence-electron chi connectivity index (χ4n) is 2.83. The molecule has 0 aromatic heterocycles. The molecule has 2 N–H and O–H groups in total. The molecule has 2 atom stereocenters. The van der Waals surface area contributed by atoms with E-state index < -0.39 is 0 Å². The molecule has 1 fully saturated rings. The van der Waals surface area contributed by atoms with Crippen LogP contribution in [-0.4, -0.2) is 37.0 Å². The summed E-state index contributed by atoms with van der Waals surface area (Å²) < 4.78 is 6.29. The first-order valence-electron chi connectivity index (χ1n) is 7.37. The number of carbonyl (C=O) groups excluding carboxylic acids is 1. The van der Waals surface area contributed by atoms with Gasteiger partial charge in [0.25, 0.3) is 0 Å². The number of nitrogens with two attached hydrogens (primary N) is 1. The number of carbonyl (C=O) groups is 1. The van der Waals surface area contributed by atoms with Gasteiger partial charge in [0, 0.05) is 29.2 Å². The van der Waals surface area contributed by atoms with Crippen LogP contribution in [0.15, 0.2) is 22.7 Å². The molecule has 0 unspecified atom stereocenters. The van der Waals surface area contributed by atoms with Gasteiger partial charge in [-0.3, -0.25) is 4.79 Å². The molecule has 0 radical (unpaired) electrons. The molecule has 1 aliphatic rings. The minimum Gasteiger partial charge on any atom is -0.496 e. The van der Waals surface area contributed by atoms with Crippen LogP contribution in [0.2, 0.25) is 0 Å². The molecule has 5 heteroatoms. The van der Waals surface area contributed by atoms with Gasteiger partial charge in [-0.25, -0.2) is 0 Å². The molecule has 0 bridgehead atoms. The number of methoxy groups -OCH3 is 1. The Morgan fingerprint density at radius 1 is 1.57 bits per heavy atom. The standard InChI is InChI=1S/C16H23BrN2O2/c1-11(18)12-4-3-7-19(10-12)16(20)9-13-8-14(17)5-6-15(13)21-2/h5-6,8,11-12H,3-4,7,9-10,18H2,1-2H3/t11-,12-/m1/s1. The Bertz CT molecular complexity index is 505. The molecular weight excluding hydrogens is 332 g/mol. The largest absolute Gasteiger partial charge is 0.496 e. The number of hydrogen-bond donors (Lipinski definition) is 1. The monoisotopic (exact) mass is 354 g/mol. The zero-order chi connectivity index (χ0) is 15.4. The zero-order valence-electron chi connectivity index (χ0n) is 12.6. The molecule has 0 aliphatic carbocycles. The third-order valence-corrected chi connectivity index (χ3v) is 4.63. The second-order valence-corrected chi connectivity index (χ2v) is 6.65. The average Bonchev–Trinajstić information content (AvgIpc) is 2.47. The number of benzene rings is 1. The number of amides is 1. The number of halogens is 1. The van der Waals surface area contributed by atoms with E-state index in [0.29, 0.717) is 12.3 Å². The smallest absolute Gasteiger partial charge is 0.227 e. The van der Waals surface area contributed by atoms with Gasteiger partial charge >= 0.3 is 0 Å². The summed E-state index contributed by atoms with van der Waals surface area (Å²) in [7, 11) is 1.63. The number of nitrogens with zero attached hydrogens (tertiary/aromatic N) is 1. The Morgan fingerprint density at radius 3 is 3.00 bits per heavy atom. The molecule has 1 amide bonds. The molecule has 1 aliphatic heterocycles. The van der Waals surface area contributed by atoms with Crippen molar-refractivity contribution in [2.45, 2.75) is 32.2 Å². The second kappa shape index (κ2) is 7.27. The molecule has 1 heterocycles. The van der Waals surface area contributed by atoms with Gasteiger partial charge in [-0.2, -0.15) is 0 Å². The maximum atomic E-state index is 12.5. The van der Waals surface area contributed by atoms with Gasteiger partial charge < -0.3 is 15.4 Å². The van der Waals surface area contributed by atoms with E-state index in [0.717, 1.165) is 41.7 Å². The van der Waals surface area contributed by atoms with Crippen molar-refractivity contribution in [3.63, 3.8) is 0 Å². The van der Waals surface area contributed by atoms with Gasteiger partial charge in [0.2, 0.25) is 5.91 Å². The first-order valence-corrected chi connectivity index (χ1v) is 8.16. The maximum Gasteiger partial charge on any atom is 0.227 e. The molecular formula is C16H23BrN2O2. The van der Waals surface area contributed by atoms with E-state index in [4.69, 9.17) is 10.5 Å². The van der Waals surface area contributed by atoms with Gasteiger partial charge in [-0.05, 0) is 43.9 Å². The van der Waals surface area contributed by atoms with Crippen LogP contribution in [0, 0.1) is 5.92 Å². The summed E-state index contributed by atoms with van der Waals surface area (Å²) in [6, 6.07) is 5.89. The third kappa shape index (κ3) is 4.20. The molecule has 1 aromatic rings. The second-order valence-electron chi connectivity index (χ2n) is 5.73. The summed E-state index contributed by atoms with van der Waals surface area (Å²) >= 11 is 3.44. The van der Waals surface area contributed by atoms with E-state index in [2.05, 4.69) is 15.9 Å². The Morgan fingerprint density at radius 2 is 2.33 bits per heavy atom. The van der Waals surface area contributed by atoms with Crippen molar-refractivity contribution in [2.24, 2.45) is 11.7 Å². The van der Waals surface area contributed by atoms with E-state index >= 15 is 0 Å². The zero-order valence-corrected chi connectivity index (χ0v) is 14.2. The fourth-order valence-corrected chi connectivity index (χ4v) is 3.23. The lowest BCUT2D eigenvalue weighted by molar-refractivity contribution is -0.132. The molecule has 0 spiro atoms. The van der Waals surface area contributed by atoms with Crippen molar-refractivity contribution < 1.29 is 9.53 Å². The highest BCUT2D eigenvalue weighted by molar-refractivity contribution is 9.10. The minimum atomic E-state index is 0.140. The SMILES string of the molecule is COc1ccc(Br)cc1CC(=O)N1CCC[C@@H]([C@@H](C)N)C1. The van der Waals surface area contributed by atoms with Gasteiger partial charge in [0.05, 0.1) is 13.5 Å². The lowest BCUT2D eigenvalue weighted by atomic mass is 9.92. The van der Waals surface area contributed by atoms with E-state index in [9.17, 15) is 4.79 Å². The molecule has 4 nitrogen and oxygen atoms in total. The predicted molar refractivity (Wildman–Crippen MR) is 87.4 cm³/mol. The summed E-state index contributed by atoms with van der Waals surface area (Å²) in [6.07, 6.45) is 2.52.